The van der Waals surface area contributed by atoms with E-state index >= 15 is 0 Å². The summed E-state index contributed by atoms with van der Waals surface area (Å²) < 4.78 is 1.81. The van der Waals surface area contributed by atoms with Gasteiger partial charge in [0.15, 0.2) is 0 Å². The maximum Gasteiger partial charge on any atom is 0.107 e. The van der Waals surface area contributed by atoms with Gasteiger partial charge in [-0.25, -0.2) is 4.98 Å². The molecular formula is C9H6Br2N2. The van der Waals surface area contributed by atoms with Crippen LogP contribution in [0.25, 0.3) is 10.9 Å². The number of nitrogens with zero attached hydrogens (tertiary/aromatic N) is 1. The van der Waals surface area contributed by atoms with Crippen molar-refractivity contribution < 1.29 is 0 Å². The summed E-state index contributed by atoms with van der Waals surface area (Å²) in [6, 6.07) is 7.55. The van der Waals surface area contributed by atoms with Gasteiger partial charge in [-0.15, -0.1) is 0 Å². The zero-order chi connectivity index (χ0) is 9.42. The quantitative estimate of drug-likeness (QED) is 0.599. The Kier molecular flexibility index (Phi) is 2.26. The van der Waals surface area contributed by atoms with E-state index in [4.69, 9.17) is 5.73 Å². The zero-order valence-corrected chi connectivity index (χ0v) is 9.76. The molecule has 1 aromatic carbocycles. The highest BCUT2D eigenvalue weighted by atomic mass is 79.9. The van der Waals surface area contributed by atoms with Gasteiger partial charge in [-0.1, -0.05) is 0 Å². The smallest absolute Gasteiger partial charge is 0.107 e. The van der Waals surface area contributed by atoms with Crippen molar-refractivity contribution in [2.24, 2.45) is 0 Å². The maximum atomic E-state index is 5.67. The van der Waals surface area contributed by atoms with Gasteiger partial charge in [-0.2, -0.15) is 0 Å². The molecule has 1 heterocycles. The second-order valence-corrected chi connectivity index (χ2v) is 4.37. The number of nitrogen functional groups attached to an aromatic ring is 1. The number of rotatable bonds is 0. The Hall–Kier alpha value is -0.610. The van der Waals surface area contributed by atoms with Crippen molar-refractivity contribution in [1.82, 2.24) is 4.98 Å². The van der Waals surface area contributed by atoms with E-state index in [2.05, 4.69) is 36.8 Å². The Morgan fingerprint density at radius 3 is 2.69 bits per heavy atom. The lowest BCUT2D eigenvalue weighted by Crippen LogP contribution is -1.86. The molecule has 4 heteroatoms. The summed E-state index contributed by atoms with van der Waals surface area (Å²) in [4.78, 5) is 4.31. The standard InChI is InChI=1S/C9H6Br2N2/c10-7-4-9(11)13-8-2-1-5(12)3-6(7)8/h1-4H,12H2. The SMILES string of the molecule is Nc1ccc2nc(Br)cc(Br)c2c1. The minimum atomic E-state index is 0.748. The van der Waals surface area contributed by atoms with E-state index in [9.17, 15) is 0 Å². The van der Waals surface area contributed by atoms with Crippen LogP contribution in [0.3, 0.4) is 0 Å². The third-order valence-corrected chi connectivity index (χ3v) is 2.81. The number of hydrogen-bond donors (Lipinski definition) is 1. The second-order valence-electron chi connectivity index (χ2n) is 2.70. The number of benzene rings is 1. The van der Waals surface area contributed by atoms with Gasteiger partial charge in [0.25, 0.3) is 0 Å². The van der Waals surface area contributed by atoms with Crippen molar-refractivity contribution in [3.63, 3.8) is 0 Å². The molecule has 0 saturated heterocycles. The molecule has 0 bridgehead atoms. The molecule has 0 aliphatic carbocycles. The first-order chi connectivity index (χ1) is 6.16. The number of anilines is 1. The first-order valence-electron chi connectivity index (χ1n) is 3.68. The Morgan fingerprint density at radius 2 is 1.92 bits per heavy atom. The summed E-state index contributed by atoms with van der Waals surface area (Å²) in [5.41, 5.74) is 7.34. The summed E-state index contributed by atoms with van der Waals surface area (Å²) in [5.74, 6) is 0. The minimum Gasteiger partial charge on any atom is -0.399 e. The van der Waals surface area contributed by atoms with Crippen LogP contribution in [0.5, 0.6) is 0 Å². The van der Waals surface area contributed by atoms with Crippen LogP contribution in [0.15, 0.2) is 33.3 Å². The van der Waals surface area contributed by atoms with Crippen LogP contribution in [-0.4, -0.2) is 4.98 Å². The van der Waals surface area contributed by atoms with Crippen molar-refractivity contribution in [1.29, 1.82) is 0 Å². The first-order valence-corrected chi connectivity index (χ1v) is 5.27. The van der Waals surface area contributed by atoms with E-state index in [-0.39, 0.29) is 0 Å². The van der Waals surface area contributed by atoms with E-state index in [1.165, 1.54) is 0 Å². The van der Waals surface area contributed by atoms with E-state index in [1.807, 2.05) is 24.3 Å². The number of halogens is 2. The van der Waals surface area contributed by atoms with Gasteiger partial charge in [-0.3, -0.25) is 0 Å². The molecule has 0 aliphatic heterocycles. The van der Waals surface area contributed by atoms with Crippen LogP contribution in [0.4, 0.5) is 5.69 Å². The second kappa shape index (κ2) is 3.27. The van der Waals surface area contributed by atoms with Crippen LogP contribution in [-0.2, 0) is 0 Å². The third kappa shape index (κ3) is 1.69. The highest BCUT2D eigenvalue weighted by Gasteiger charge is 2.01. The van der Waals surface area contributed by atoms with Gasteiger partial charge in [-0.05, 0) is 56.1 Å². The fraction of sp³-hybridized carbons (Fsp3) is 0. The average molecular weight is 302 g/mol. The maximum absolute atomic E-state index is 5.67. The molecule has 66 valence electrons. The molecule has 0 radical (unpaired) electrons. The topological polar surface area (TPSA) is 38.9 Å². The number of aromatic nitrogens is 1. The molecule has 0 fully saturated rings. The summed E-state index contributed by atoms with van der Waals surface area (Å²) in [5, 5.41) is 1.03. The van der Waals surface area contributed by atoms with Crippen LogP contribution in [0.2, 0.25) is 0 Å². The predicted octanol–water partition coefficient (Wildman–Crippen LogP) is 3.34. The van der Waals surface area contributed by atoms with Gasteiger partial charge in [0.2, 0.25) is 0 Å². The van der Waals surface area contributed by atoms with Crippen LogP contribution < -0.4 is 5.73 Å². The van der Waals surface area contributed by atoms with E-state index in [0.717, 1.165) is 25.7 Å². The molecule has 0 atom stereocenters. The summed E-state index contributed by atoms with van der Waals surface area (Å²) in [7, 11) is 0. The molecule has 0 spiro atoms. The zero-order valence-electron chi connectivity index (χ0n) is 6.59. The van der Waals surface area contributed by atoms with Gasteiger partial charge in [0.05, 0.1) is 5.52 Å². The fourth-order valence-corrected chi connectivity index (χ4v) is 2.43. The highest BCUT2D eigenvalue weighted by molar-refractivity contribution is 9.11. The normalized spacial score (nSPS) is 10.6. The molecule has 1 aromatic heterocycles. The van der Waals surface area contributed by atoms with Crippen molar-refractivity contribution in [2.45, 2.75) is 0 Å². The highest BCUT2D eigenvalue weighted by Crippen LogP contribution is 2.27. The number of nitrogens with two attached hydrogens (primary N) is 1. The molecule has 2 rings (SSSR count). The molecule has 0 amide bonds. The van der Waals surface area contributed by atoms with Crippen LogP contribution >= 0.6 is 31.9 Å². The molecule has 0 saturated carbocycles. The average Bonchev–Trinajstić information content (AvgIpc) is 2.06. The van der Waals surface area contributed by atoms with Gasteiger partial charge in [0.1, 0.15) is 4.60 Å². The molecule has 2 nitrogen and oxygen atoms in total. The van der Waals surface area contributed by atoms with Gasteiger partial charge < -0.3 is 5.73 Å². The number of pyridine rings is 1. The molecular weight excluding hydrogens is 296 g/mol. The molecule has 2 aromatic rings. The van der Waals surface area contributed by atoms with E-state index < -0.39 is 0 Å². The number of fused-ring (bicyclic) bond motifs is 1. The van der Waals surface area contributed by atoms with Gasteiger partial charge >= 0.3 is 0 Å². The lowest BCUT2D eigenvalue weighted by atomic mass is 10.2. The molecule has 2 N–H and O–H groups in total. The largest absolute Gasteiger partial charge is 0.399 e. The Labute approximate surface area is 92.4 Å². The predicted molar refractivity (Wildman–Crippen MR) is 61.6 cm³/mol. The summed E-state index contributed by atoms with van der Waals surface area (Å²) >= 11 is 6.79. The Balaban J connectivity index is 2.87. The summed E-state index contributed by atoms with van der Waals surface area (Å²) in [6.45, 7) is 0. The van der Waals surface area contributed by atoms with Crippen LogP contribution in [0.1, 0.15) is 0 Å². The number of hydrogen-bond acceptors (Lipinski definition) is 2. The first kappa shape index (κ1) is 8.97. The molecule has 0 unspecified atom stereocenters. The Bertz CT molecular complexity index is 468. The van der Waals surface area contributed by atoms with Gasteiger partial charge in [0, 0.05) is 15.5 Å². The van der Waals surface area contributed by atoms with Crippen molar-refractivity contribution in [3.05, 3.63) is 33.3 Å². The fourth-order valence-electron chi connectivity index (χ4n) is 1.17. The lowest BCUT2D eigenvalue weighted by molar-refractivity contribution is 1.34. The third-order valence-electron chi connectivity index (χ3n) is 1.75. The lowest BCUT2D eigenvalue weighted by Gasteiger charge is -2.01. The Morgan fingerprint density at radius 1 is 1.15 bits per heavy atom. The molecule has 0 aliphatic rings. The van der Waals surface area contributed by atoms with Crippen molar-refractivity contribution >= 4 is 48.5 Å². The monoisotopic (exact) mass is 300 g/mol. The summed E-state index contributed by atoms with van der Waals surface area (Å²) in [6.07, 6.45) is 0. The van der Waals surface area contributed by atoms with Crippen molar-refractivity contribution in [3.8, 4) is 0 Å². The molecule has 13 heavy (non-hydrogen) atoms. The van der Waals surface area contributed by atoms with E-state index in [0.29, 0.717) is 0 Å². The van der Waals surface area contributed by atoms with Crippen molar-refractivity contribution in [2.75, 3.05) is 5.73 Å². The van der Waals surface area contributed by atoms with Crippen LogP contribution in [0, 0.1) is 0 Å². The minimum absolute atomic E-state index is 0.748. The van der Waals surface area contributed by atoms with E-state index in [1.54, 1.807) is 0 Å².